The highest BCUT2D eigenvalue weighted by atomic mass is 16.3. The van der Waals surface area contributed by atoms with Crippen molar-refractivity contribution in [1.29, 1.82) is 0 Å². The van der Waals surface area contributed by atoms with Gasteiger partial charge in [-0.25, -0.2) is 0 Å². The summed E-state index contributed by atoms with van der Waals surface area (Å²) in [5, 5.41) is 3.92. The van der Waals surface area contributed by atoms with E-state index in [-0.39, 0.29) is 34.3 Å². The average Bonchev–Trinajstić information content (AvgIpc) is 3.61. The Kier molecular flexibility index (Phi) is 3.50. The Morgan fingerprint density at radius 3 is 1.42 bits per heavy atom. The van der Waals surface area contributed by atoms with Crippen LogP contribution in [0.25, 0.3) is 88.0 Å². The minimum absolute atomic E-state index is 0.00932. The maximum Gasteiger partial charge on any atom is 0.135 e. The molecule has 0 atom stereocenters. The van der Waals surface area contributed by atoms with Crippen molar-refractivity contribution in [2.45, 2.75) is 0 Å². The molecule has 0 fully saturated rings. The molecular weight excluding hydrogens is 544 g/mol. The van der Waals surface area contributed by atoms with E-state index >= 15 is 0 Å². The summed E-state index contributed by atoms with van der Waals surface area (Å²) in [6.07, 6.45) is 0. The van der Waals surface area contributed by atoms with Crippen LogP contribution in [-0.2, 0) is 0 Å². The first kappa shape index (κ1) is 15.2. The number of hydrogen-bond donors (Lipinski definition) is 0. The van der Waals surface area contributed by atoms with Gasteiger partial charge < -0.3 is 4.42 Å². The zero-order valence-electron chi connectivity index (χ0n) is 37.5. The number of rotatable bonds is 4. The highest BCUT2D eigenvalue weighted by molar-refractivity contribution is 6.23. The molecule has 0 unspecified atom stereocenters. The Morgan fingerprint density at radius 2 is 0.822 bits per heavy atom. The summed E-state index contributed by atoms with van der Waals surface area (Å²) in [5.41, 5.74) is 2.94. The summed E-state index contributed by atoms with van der Waals surface area (Å²) in [4.78, 5) is 0. The lowest BCUT2D eigenvalue weighted by molar-refractivity contribution is 0.669. The number of benzene rings is 8. The summed E-state index contributed by atoms with van der Waals surface area (Å²) in [7, 11) is 0. The van der Waals surface area contributed by atoms with Gasteiger partial charge in [0.1, 0.15) is 11.2 Å². The molecule has 0 amide bonds. The molecule has 8 aromatic carbocycles. The van der Waals surface area contributed by atoms with Gasteiger partial charge in [0.15, 0.2) is 0 Å². The molecule has 1 aromatic heterocycles. The van der Waals surface area contributed by atoms with Crippen LogP contribution in [0.3, 0.4) is 0 Å². The topological polar surface area (TPSA) is 13.1 Å². The van der Waals surface area contributed by atoms with Crippen molar-refractivity contribution in [3.63, 3.8) is 0 Å². The molecule has 45 heavy (non-hydrogen) atoms. The molecule has 1 nitrogen and oxygen atoms in total. The van der Waals surface area contributed by atoms with Gasteiger partial charge in [0.2, 0.25) is 0 Å². The first-order chi connectivity index (χ1) is 28.1. The Balaban J connectivity index is 1.36. The van der Waals surface area contributed by atoms with Crippen molar-refractivity contribution in [1.82, 2.24) is 0 Å². The van der Waals surface area contributed by atoms with Crippen molar-refractivity contribution in [2.75, 3.05) is 0 Å². The summed E-state index contributed by atoms with van der Waals surface area (Å²) in [6.45, 7) is 0. The Bertz CT molecular complexity index is 3220. The molecule has 0 aliphatic rings. The van der Waals surface area contributed by atoms with Crippen LogP contribution in [0.4, 0.5) is 0 Å². The first-order valence-corrected chi connectivity index (χ1v) is 14.3. The van der Waals surface area contributed by atoms with Gasteiger partial charge in [0.25, 0.3) is 0 Å². The van der Waals surface area contributed by atoms with Gasteiger partial charge in [0, 0.05) is 10.8 Å². The third kappa shape index (κ3) is 4.17. The fraction of sp³-hybridized carbons (Fsp3) is 0. The van der Waals surface area contributed by atoms with Gasteiger partial charge in [-0.05, 0) is 90.3 Å². The SMILES string of the molecule is [2H]c1c([2H])c([2H])c(-c2ccc3oc4ccc(-c5c6ccccc6c(-c6c([2H])c([2H])c([2H])c([2H])c6-c6c([2H])c([2H])c([2H])c([2H])c6[2H])c6ccccc56)cc4c3c2)c([2H])c1[2H]. The third-order valence-corrected chi connectivity index (χ3v) is 8.17. The molecule has 0 radical (unpaired) electrons. The van der Waals surface area contributed by atoms with Crippen molar-refractivity contribution < 1.29 is 23.6 Å². The second-order valence-electron chi connectivity index (χ2n) is 10.6. The summed E-state index contributed by atoms with van der Waals surface area (Å²) in [6, 6.07) is 18.3. The van der Waals surface area contributed by atoms with Gasteiger partial charge in [-0.2, -0.15) is 0 Å². The predicted molar refractivity (Wildman–Crippen MR) is 190 cm³/mol. The lowest BCUT2D eigenvalue weighted by Crippen LogP contribution is -1.92. The minimum Gasteiger partial charge on any atom is -0.456 e. The molecule has 0 spiro atoms. The third-order valence-electron chi connectivity index (χ3n) is 8.17. The lowest BCUT2D eigenvalue weighted by Gasteiger charge is -2.19. The van der Waals surface area contributed by atoms with Gasteiger partial charge in [-0.3, -0.25) is 0 Å². The highest BCUT2D eigenvalue weighted by Gasteiger charge is 2.19. The van der Waals surface area contributed by atoms with E-state index in [1.54, 1.807) is 30.3 Å². The number of fused-ring (bicyclic) bond motifs is 5. The molecule has 1 heterocycles. The molecule has 9 rings (SSSR count). The number of hydrogen-bond acceptors (Lipinski definition) is 1. The molecule has 0 saturated heterocycles. The van der Waals surface area contributed by atoms with Crippen LogP contribution < -0.4 is 0 Å². The number of furan rings is 1. The van der Waals surface area contributed by atoms with E-state index in [1.807, 2.05) is 54.6 Å². The Labute approximate surface area is 281 Å². The van der Waals surface area contributed by atoms with Crippen LogP contribution in [0.2, 0.25) is 0 Å². The Hall–Kier alpha value is -5.92. The maximum absolute atomic E-state index is 9.30. The van der Waals surface area contributed by atoms with Crippen LogP contribution in [0.1, 0.15) is 19.2 Å². The van der Waals surface area contributed by atoms with Crippen molar-refractivity contribution in [3.05, 3.63) is 170 Å². The normalized spacial score (nSPS) is 15.9. The van der Waals surface area contributed by atoms with E-state index in [0.717, 1.165) is 11.1 Å². The van der Waals surface area contributed by atoms with Crippen molar-refractivity contribution >= 4 is 43.5 Å². The smallest absolute Gasteiger partial charge is 0.135 e. The zero-order valence-corrected chi connectivity index (χ0v) is 23.5. The van der Waals surface area contributed by atoms with Crippen LogP contribution >= 0.6 is 0 Å². The zero-order chi connectivity index (χ0) is 41.9. The molecule has 0 aliphatic carbocycles. The van der Waals surface area contributed by atoms with Gasteiger partial charge in [-0.1, -0.05) is 145 Å². The second kappa shape index (κ2) is 10.4. The molecule has 1 heteroatoms. The highest BCUT2D eigenvalue weighted by Crippen LogP contribution is 2.46. The molecular formula is C44H28O. The van der Waals surface area contributed by atoms with Crippen LogP contribution in [0, 0.1) is 0 Å². The molecule has 0 aliphatic heterocycles. The second-order valence-corrected chi connectivity index (χ2v) is 10.6. The first-order valence-electron chi connectivity index (χ1n) is 21.3. The van der Waals surface area contributed by atoms with E-state index < -0.39 is 72.5 Å². The van der Waals surface area contributed by atoms with Gasteiger partial charge in [0.05, 0.1) is 19.2 Å². The molecule has 0 N–H and O–H groups in total. The van der Waals surface area contributed by atoms with Crippen LogP contribution in [0.15, 0.2) is 174 Å². The Morgan fingerprint density at radius 1 is 0.356 bits per heavy atom. The fourth-order valence-corrected chi connectivity index (χ4v) is 6.25. The van der Waals surface area contributed by atoms with Crippen molar-refractivity contribution in [2.24, 2.45) is 0 Å². The quantitative estimate of drug-likeness (QED) is 0.187. The lowest BCUT2D eigenvalue weighted by atomic mass is 9.83. The molecule has 0 bridgehead atoms. The van der Waals surface area contributed by atoms with E-state index in [4.69, 9.17) is 22.2 Å². The van der Waals surface area contributed by atoms with E-state index in [2.05, 4.69) is 0 Å². The van der Waals surface area contributed by atoms with E-state index in [9.17, 15) is 1.37 Å². The monoisotopic (exact) mass is 586 g/mol. The summed E-state index contributed by atoms with van der Waals surface area (Å²) < 4.78 is 126. The summed E-state index contributed by atoms with van der Waals surface area (Å²) >= 11 is 0. The van der Waals surface area contributed by atoms with Crippen LogP contribution in [-0.4, -0.2) is 0 Å². The van der Waals surface area contributed by atoms with E-state index in [0.29, 0.717) is 54.6 Å². The fourth-order valence-electron chi connectivity index (χ4n) is 6.25. The largest absolute Gasteiger partial charge is 0.456 e. The van der Waals surface area contributed by atoms with Crippen molar-refractivity contribution in [3.8, 4) is 44.5 Å². The van der Waals surface area contributed by atoms with Gasteiger partial charge >= 0.3 is 0 Å². The standard InChI is InChI=1S/C44H28O/c1-3-13-29(14-4-1)31-23-25-41-39(27-31)40-28-32(24-26-42(40)45-41)43-35-19-9-11-21-37(35)44(38-22-12-10-20-36(38)43)34-18-8-7-17-33(34)30-15-5-2-6-16-30/h1-28H/i1D,2D,3D,4D,5D,6D,7D,8D,13D,14D,15D,16D,17D,18D. The molecule has 9 aromatic rings. The predicted octanol–water partition coefficient (Wildman–Crippen LogP) is 12.6. The van der Waals surface area contributed by atoms with E-state index in [1.165, 1.54) is 0 Å². The minimum atomic E-state index is -0.632. The molecule has 210 valence electrons. The average molecular weight is 587 g/mol. The maximum atomic E-state index is 9.30. The molecule has 0 saturated carbocycles. The van der Waals surface area contributed by atoms with Crippen LogP contribution in [0.5, 0.6) is 0 Å². The van der Waals surface area contributed by atoms with Gasteiger partial charge in [-0.15, -0.1) is 0 Å². The summed E-state index contributed by atoms with van der Waals surface area (Å²) in [5.74, 6) is 0.